The molecule has 0 radical (unpaired) electrons. The highest BCUT2D eigenvalue weighted by molar-refractivity contribution is 5.08. The molecule has 0 spiro atoms. The summed E-state index contributed by atoms with van der Waals surface area (Å²) in [6.45, 7) is 1.03. The Balaban J connectivity index is 2.65. The first-order valence-corrected chi connectivity index (χ1v) is 5.57. The summed E-state index contributed by atoms with van der Waals surface area (Å²) in [4.78, 5) is 4.14. The third-order valence-corrected chi connectivity index (χ3v) is 3.27. The average molecular weight is 223 g/mol. The minimum atomic E-state index is 0.787. The first-order valence-electron chi connectivity index (χ1n) is 5.57. The van der Waals surface area contributed by atoms with Crippen molar-refractivity contribution >= 4 is 0 Å². The van der Waals surface area contributed by atoms with Gasteiger partial charge in [0.15, 0.2) is 0 Å². The van der Waals surface area contributed by atoms with Crippen LogP contribution >= 0.6 is 0 Å². The summed E-state index contributed by atoms with van der Waals surface area (Å²) in [5.41, 5.74) is 1.29. The molecule has 0 aromatic carbocycles. The summed E-state index contributed by atoms with van der Waals surface area (Å²) in [7, 11) is 10.6. The Morgan fingerprint density at radius 3 is 2.25 bits per heavy atom. The van der Waals surface area contributed by atoms with Crippen LogP contribution in [0.1, 0.15) is 5.56 Å². The molecular weight excluding hydrogens is 200 g/mol. The summed E-state index contributed by atoms with van der Waals surface area (Å²) < 4.78 is 0.787. The Kier molecular flexibility index (Phi) is 4.41. The summed E-state index contributed by atoms with van der Waals surface area (Å²) in [5, 5.41) is 4.41. The Bertz CT molecular complexity index is 300. The number of hydrogen-bond acceptors (Lipinski definition) is 3. The number of aromatic nitrogens is 1. The minimum absolute atomic E-state index is 0.787. The van der Waals surface area contributed by atoms with E-state index < -0.39 is 0 Å². The molecular formula is C12H23N4+. The quantitative estimate of drug-likeness (QED) is 0.549. The zero-order valence-corrected chi connectivity index (χ0v) is 11.0. The van der Waals surface area contributed by atoms with Crippen LogP contribution in [0.15, 0.2) is 24.5 Å². The van der Waals surface area contributed by atoms with Gasteiger partial charge in [0.2, 0.25) is 0 Å². The zero-order valence-electron chi connectivity index (χ0n) is 11.0. The van der Waals surface area contributed by atoms with Gasteiger partial charge in [-0.05, 0) is 11.6 Å². The summed E-state index contributed by atoms with van der Waals surface area (Å²) >= 11 is 0. The van der Waals surface area contributed by atoms with Crippen LogP contribution in [0.5, 0.6) is 0 Å². The molecule has 0 bridgehead atoms. The molecule has 4 nitrogen and oxygen atoms in total. The van der Waals surface area contributed by atoms with Gasteiger partial charge in [-0.3, -0.25) is 4.98 Å². The van der Waals surface area contributed by atoms with E-state index in [0.717, 1.165) is 17.7 Å². The molecule has 90 valence electrons. The van der Waals surface area contributed by atoms with Crippen LogP contribution in [0, 0.1) is 0 Å². The predicted octanol–water partition coefficient (Wildman–Crippen LogP) is 1.02. The predicted molar refractivity (Wildman–Crippen MR) is 66.4 cm³/mol. The molecule has 1 rings (SSSR count). The molecule has 0 N–H and O–H groups in total. The molecule has 0 saturated carbocycles. The van der Waals surface area contributed by atoms with Crippen molar-refractivity contribution in [3.8, 4) is 0 Å². The monoisotopic (exact) mass is 223 g/mol. The maximum atomic E-state index is 4.14. The van der Waals surface area contributed by atoms with Crippen molar-refractivity contribution in [1.29, 1.82) is 0 Å². The molecule has 0 saturated heterocycles. The van der Waals surface area contributed by atoms with Crippen molar-refractivity contribution < 1.29 is 4.70 Å². The fourth-order valence-electron chi connectivity index (χ4n) is 1.64. The summed E-state index contributed by atoms with van der Waals surface area (Å²) in [6, 6.07) is 4.12. The Morgan fingerprint density at radius 2 is 1.81 bits per heavy atom. The largest absolute Gasteiger partial charge is 0.264 e. The lowest BCUT2D eigenvalue weighted by Gasteiger charge is -2.42. The van der Waals surface area contributed by atoms with E-state index in [1.165, 1.54) is 5.56 Å². The fraction of sp³-hybridized carbons (Fsp3) is 0.583. The van der Waals surface area contributed by atoms with Crippen LogP contribution in [0.4, 0.5) is 0 Å². The normalized spacial score (nSPS) is 12.4. The van der Waals surface area contributed by atoms with Gasteiger partial charge >= 0.3 is 0 Å². The van der Waals surface area contributed by atoms with E-state index in [1.807, 2.05) is 18.5 Å². The van der Waals surface area contributed by atoms with E-state index in [1.54, 1.807) is 0 Å². The van der Waals surface area contributed by atoms with Gasteiger partial charge in [-0.1, -0.05) is 6.07 Å². The van der Waals surface area contributed by atoms with E-state index >= 15 is 0 Å². The standard InChI is InChI=1S/C12H23N4/c1-14(2)16(5,15(3)4)10-8-12-7-6-9-13-11-12/h6-7,9,11H,8,10H2,1-5H3/q+1. The molecule has 0 aliphatic heterocycles. The van der Waals surface area contributed by atoms with E-state index in [-0.39, 0.29) is 0 Å². The number of rotatable bonds is 5. The first kappa shape index (κ1) is 13.1. The van der Waals surface area contributed by atoms with E-state index in [4.69, 9.17) is 0 Å². The molecule has 0 unspecified atom stereocenters. The third-order valence-electron chi connectivity index (χ3n) is 3.27. The van der Waals surface area contributed by atoms with Gasteiger partial charge in [-0.15, -0.1) is 10.0 Å². The highest BCUT2D eigenvalue weighted by Crippen LogP contribution is 2.10. The molecule has 16 heavy (non-hydrogen) atoms. The minimum Gasteiger partial charge on any atom is -0.264 e. The molecule has 1 aromatic heterocycles. The molecule has 4 heteroatoms. The lowest BCUT2D eigenvalue weighted by Crippen LogP contribution is -2.62. The van der Waals surface area contributed by atoms with Crippen molar-refractivity contribution in [2.24, 2.45) is 0 Å². The Morgan fingerprint density at radius 1 is 1.19 bits per heavy atom. The van der Waals surface area contributed by atoms with Crippen LogP contribution in [-0.4, -0.2) is 61.5 Å². The summed E-state index contributed by atoms with van der Waals surface area (Å²) in [6.07, 6.45) is 4.78. The van der Waals surface area contributed by atoms with Gasteiger partial charge in [0.05, 0.1) is 0 Å². The van der Waals surface area contributed by atoms with E-state index in [0.29, 0.717) is 0 Å². The topological polar surface area (TPSA) is 19.4 Å². The summed E-state index contributed by atoms with van der Waals surface area (Å²) in [5.74, 6) is 0. The molecule has 0 fully saturated rings. The van der Waals surface area contributed by atoms with Gasteiger partial charge in [0, 0.05) is 47.0 Å². The van der Waals surface area contributed by atoms with Crippen molar-refractivity contribution in [2.75, 3.05) is 41.8 Å². The third kappa shape index (κ3) is 3.01. The van der Waals surface area contributed by atoms with Crippen molar-refractivity contribution in [3.05, 3.63) is 30.1 Å². The lowest BCUT2D eigenvalue weighted by molar-refractivity contribution is -1.10. The Hall–Kier alpha value is -0.970. The van der Waals surface area contributed by atoms with Gasteiger partial charge in [0.1, 0.15) is 13.6 Å². The molecule has 0 amide bonds. The van der Waals surface area contributed by atoms with Crippen LogP contribution in [0.2, 0.25) is 0 Å². The second-order valence-corrected chi connectivity index (χ2v) is 4.62. The second-order valence-electron chi connectivity index (χ2n) is 4.62. The average Bonchev–Trinajstić information content (AvgIpc) is 2.26. The number of likely N-dealkylation sites (N-methyl/N-ethyl adjacent to an activating group) is 1. The highest BCUT2D eigenvalue weighted by atomic mass is 15.9. The van der Waals surface area contributed by atoms with E-state index in [9.17, 15) is 0 Å². The van der Waals surface area contributed by atoms with Crippen LogP contribution in [0.3, 0.4) is 0 Å². The molecule has 0 aliphatic rings. The van der Waals surface area contributed by atoms with Gasteiger partial charge in [0.25, 0.3) is 0 Å². The van der Waals surface area contributed by atoms with E-state index in [2.05, 4.69) is 56.3 Å². The smallest absolute Gasteiger partial charge is 0.119 e. The van der Waals surface area contributed by atoms with Crippen molar-refractivity contribution in [2.45, 2.75) is 6.42 Å². The zero-order chi connectivity index (χ0) is 12.2. The fourth-order valence-corrected chi connectivity index (χ4v) is 1.64. The second kappa shape index (κ2) is 5.39. The highest BCUT2D eigenvalue weighted by Gasteiger charge is 2.27. The SMILES string of the molecule is CN(C)[N+](C)(CCc1cccnc1)N(C)C. The first-order chi connectivity index (χ1) is 7.47. The molecule has 1 aromatic rings. The maximum Gasteiger partial charge on any atom is 0.119 e. The van der Waals surface area contributed by atoms with Crippen LogP contribution in [0.25, 0.3) is 0 Å². The Labute approximate surface area is 98.6 Å². The van der Waals surface area contributed by atoms with Crippen molar-refractivity contribution in [1.82, 2.24) is 15.0 Å². The molecule has 1 heterocycles. The molecule has 0 aliphatic carbocycles. The van der Waals surface area contributed by atoms with Gasteiger partial charge < -0.3 is 0 Å². The number of hydrogen-bond donors (Lipinski definition) is 0. The lowest BCUT2D eigenvalue weighted by atomic mass is 10.2. The van der Waals surface area contributed by atoms with Gasteiger partial charge in [-0.25, -0.2) is 0 Å². The maximum absolute atomic E-state index is 4.14. The van der Waals surface area contributed by atoms with Crippen molar-refractivity contribution in [3.63, 3.8) is 0 Å². The van der Waals surface area contributed by atoms with Gasteiger partial charge in [-0.2, -0.15) is 4.70 Å². The molecule has 0 atom stereocenters. The van der Waals surface area contributed by atoms with Crippen LogP contribution < -0.4 is 0 Å². The number of quaternary nitrogens is 1. The number of pyridine rings is 1. The number of nitrogens with zero attached hydrogens (tertiary/aromatic N) is 4. The van der Waals surface area contributed by atoms with Crippen LogP contribution in [-0.2, 0) is 6.42 Å².